The molecule has 0 saturated carbocycles. The average Bonchev–Trinajstić information content (AvgIpc) is 1.61. The number of anilines is 2. The summed E-state index contributed by atoms with van der Waals surface area (Å²) < 4.78 is 24.3. The fourth-order valence-electron chi connectivity index (χ4n) is 10.4. The van der Waals surface area contributed by atoms with Gasteiger partial charge in [-0.1, -0.05) is 57.0 Å². The number of para-hydroxylation sites is 1. The number of nitrogens with zero attached hydrogens (tertiary/aromatic N) is 6. The number of hydrogen-bond acceptors (Lipinski definition) is 21. The summed E-state index contributed by atoms with van der Waals surface area (Å²) in [5.74, 6) is -2.36. The minimum Gasteiger partial charge on any atom is -0.481 e. The molecule has 4 aromatic rings. The maximum atomic E-state index is 13.8. The van der Waals surface area contributed by atoms with Crippen LogP contribution < -0.4 is 43.9 Å². The number of carboxylic acids is 3. The molecule has 0 fully saturated rings. The lowest BCUT2D eigenvalue weighted by molar-refractivity contribution is -0.146. The molecule has 2 aromatic heterocycles. The number of imidazole rings is 1. The lowest BCUT2D eigenvalue weighted by Crippen LogP contribution is -2.54. The second-order valence-corrected chi connectivity index (χ2v) is 24.8. The average molecular weight is 1390 g/mol. The number of ether oxygens (including phenoxy) is 4. The van der Waals surface area contributed by atoms with Crippen molar-refractivity contribution in [1.82, 2.24) is 40.7 Å². The number of hydrogen-bond donors (Lipinski definition) is 12. The molecule has 15 N–H and O–H groups in total. The lowest BCUT2D eigenvalue weighted by atomic mass is 9.90. The Labute approximate surface area is 575 Å². The van der Waals surface area contributed by atoms with Gasteiger partial charge in [-0.3, -0.25) is 43.3 Å². The highest BCUT2D eigenvalue weighted by molar-refractivity contribution is 6.30. The number of ketones is 1. The van der Waals surface area contributed by atoms with Gasteiger partial charge in [0.2, 0.25) is 23.6 Å². The van der Waals surface area contributed by atoms with Crippen molar-refractivity contribution in [1.29, 1.82) is 0 Å². The number of hydrazone groups is 1. The normalized spacial score (nSPS) is 13.0. The van der Waals surface area contributed by atoms with E-state index in [0.29, 0.717) is 97.7 Å². The number of aliphatic carboxylic acids is 3. The van der Waals surface area contributed by atoms with Crippen LogP contribution in [0.1, 0.15) is 142 Å². The zero-order valence-electron chi connectivity index (χ0n) is 57.3. The van der Waals surface area contributed by atoms with Crippen molar-refractivity contribution in [3.8, 4) is 0 Å². The number of pyridine rings is 1. The Hall–Kier alpha value is -9.40. The van der Waals surface area contributed by atoms with Crippen molar-refractivity contribution in [2.75, 3.05) is 76.9 Å². The number of nitrogens with one attached hydrogen (secondary N) is 5. The third kappa shape index (κ3) is 31.3. The molecule has 0 aliphatic rings. The number of Topliss-reactive ketones (excluding diaryl/α,β-unsaturated/α-hetero) is 1. The van der Waals surface area contributed by atoms with Crippen molar-refractivity contribution in [2.24, 2.45) is 39.4 Å². The predicted octanol–water partition coefficient (Wildman–Crippen LogP) is 4.79. The number of aliphatic imine (C=N–C) groups is 1. The number of carboxylic acid groups (broad SMARTS) is 3. The molecular weight excluding hydrogens is 1290 g/mol. The number of carbonyl (C=O) groups excluding carboxylic acids is 7. The number of primary amides is 1. The maximum absolute atomic E-state index is 13.8. The molecule has 0 spiro atoms. The van der Waals surface area contributed by atoms with Crippen molar-refractivity contribution in [3.63, 3.8) is 0 Å². The number of aliphatic hydroxyl groups is 1. The number of amides is 7. The minimum atomic E-state index is -1.31. The van der Waals surface area contributed by atoms with Crippen LogP contribution in [0.25, 0.3) is 21.9 Å². The summed E-state index contributed by atoms with van der Waals surface area (Å²) in [6.45, 7) is 11.2. The highest BCUT2D eigenvalue weighted by Gasteiger charge is 2.31. The van der Waals surface area contributed by atoms with Crippen LogP contribution in [0, 0.1) is 17.8 Å². The Kier molecular flexibility index (Phi) is 36.3. The fraction of sp³-hybridized carbons (Fsp3) is 0.582. The smallest absolute Gasteiger partial charge is 0.410 e. The van der Waals surface area contributed by atoms with Gasteiger partial charge >= 0.3 is 30.0 Å². The summed E-state index contributed by atoms with van der Waals surface area (Å²) in [4.78, 5) is 139. The van der Waals surface area contributed by atoms with Crippen LogP contribution in [0.2, 0.25) is 0 Å². The SMILES string of the molecule is CCN(Cc1nc2c(N)nc3ccccc3c2n1CC(C)(C)O)C(=O)OCc1ccc(NC(=O)[C@@H](CCCNC(N)=O)NC(=O)[C@@H](NC(=O)CCOCCOCCOCCN=CC(CCCCCC(=O)NCCCCC(CC(=O)CC(CCC(=O)O)C(=O)O)C(=O)O)=NN)C(C)C)cc1. The molecule has 4 atom stereocenters. The van der Waals surface area contributed by atoms with Gasteiger partial charge in [0.25, 0.3) is 0 Å². The van der Waals surface area contributed by atoms with Gasteiger partial charge in [-0.25, -0.2) is 19.6 Å². The Balaban J connectivity index is 1.09. The van der Waals surface area contributed by atoms with Crippen molar-refractivity contribution in [2.45, 2.75) is 168 Å². The molecule has 0 aliphatic heterocycles. The lowest BCUT2D eigenvalue weighted by Gasteiger charge is -2.25. The molecule has 0 saturated heterocycles. The first-order valence-corrected chi connectivity index (χ1v) is 33.4. The number of nitrogen functional groups attached to an aromatic ring is 1. The van der Waals surface area contributed by atoms with Crippen LogP contribution >= 0.6 is 0 Å². The maximum Gasteiger partial charge on any atom is 0.410 e. The largest absolute Gasteiger partial charge is 0.481 e. The molecule has 7 amide bonds. The molecule has 0 aliphatic carbocycles. The molecule has 2 unspecified atom stereocenters. The molecule has 0 bridgehead atoms. The molecule has 32 nitrogen and oxygen atoms in total. The van der Waals surface area contributed by atoms with Gasteiger partial charge in [0, 0.05) is 69.0 Å². The Bertz CT molecular complexity index is 3350. The van der Waals surface area contributed by atoms with Crippen molar-refractivity contribution >= 4 is 105 Å². The monoisotopic (exact) mass is 1390 g/mol. The zero-order valence-corrected chi connectivity index (χ0v) is 57.3. The van der Waals surface area contributed by atoms with Crippen molar-refractivity contribution in [3.05, 3.63) is 59.9 Å². The van der Waals surface area contributed by atoms with E-state index in [0.717, 1.165) is 18.2 Å². The van der Waals surface area contributed by atoms with Crippen LogP contribution in [0.15, 0.2) is 58.6 Å². The molecule has 32 heteroatoms. The van der Waals surface area contributed by atoms with E-state index in [1.54, 1.807) is 65.1 Å². The van der Waals surface area contributed by atoms with E-state index in [2.05, 4.69) is 41.7 Å². The minimum absolute atomic E-state index is 0.0423. The number of urea groups is 1. The second-order valence-electron chi connectivity index (χ2n) is 24.8. The molecule has 546 valence electrons. The number of rotatable bonds is 50. The van der Waals surface area contributed by atoms with Crippen LogP contribution in [-0.2, 0) is 77.0 Å². The first kappa shape index (κ1) is 82.0. The number of fused-ring (bicyclic) bond motifs is 3. The topological polar surface area (TPSA) is 485 Å². The molecular formula is C67H100N14O18. The van der Waals surface area contributed by atoms with Gasteiger partial charge in [-0.2, -0.15) is 5.10 Å². The fourth-order valence-corrected chi connectivity index (χ4v) is 10.4. The van der Waals surface area contributed by atoms with Crippen LogP contribution in [0.3, 0.4) is 0 Å². The molecule has 4 rings (SSSR count). The van der Waals surface area contributed by atoms with E-state index in [1.165, 1.54) is 4.90 Å². The summed E-state index contributed by atoms with van der Waals surface area (Å²) in [7, 11) is 0. The van der Waals surface area contributed by atoms with Crippen LogP contribution in [0.5, 0.6) is 0 Å². The summed E-state index contributed by atoms with van der Waals surface area (Å²) in [6.07, 6.45) is 3.80. The third-order valence-corrected chi connectivity index (χ3v) is 15.6. The number of carbonyl (C=O) groups is 10. The zero-order chi connectivity index (χ0) is 72.9. The van der Waals surface area contributed by atoms with E-state index < -0.39 is 95.9 Å². The summed E-state index contributed by atoms with van der Waals surface area (Å²) in [5, 5.41) is 56.8. The van der Waals surface area contributed by atoms with E-state index in [1.807, 2.05) is 28.8 Å². The standard InChI is InChI=1S/C67H100N14O18/c1-6-80(40-53-77-58-59(81(53)42-67(4,5)95)50-17-10-11-18-51(50)75-60(58)68)66(94)99-41-44-21-24-47(25-22-44)74-61(87)52(19-14-29-73-65(69)93)76-62(88)57(43(2)3)78-55(84)27-31-96-33-35-98-36-34-97-32-30-71-39-48(79-70)16-8-7-9-20-54(83)72-28-13-12-15-45(63(89)90)37-49(82)38-46(64(91)92)23-26-56(85)86/h10-11,17-18,21-22,24-25,39,43,45-46,52,57,95H,6-9,12-16,19-20,23,26-38,40-42,70H2,1-5H3,(H2,68,75)(H,72,83)(H,74,87)(H,76,88)(H,78,84)(H,85,86)(H,89,90)(H,91,92)(H3,69,73,93)/t45?,46?,52-,57+/m1/s1. The summed E-state index contributed by atoms with van der Waals surface area (Å²) in [5.41, 5.74) is 13.9. The van der Waals surface area contributed by atoms with E-state index in [9.17, 15) is 63.3 Å². The van der Waals surface area contributed by atoms with Gasteiger partial charge < -0.3 is 92.7 Å². The Morgan fingerprint density at radius 3 is 2.00 bits per heavy atom. The van der Waals surface area contributed by atoms with Gasteiger partial charge in [-0.05, 0) is 102 Å². The van der Waals surface area contributed by atoms with Gasteiger partial charge in [-0.15, -0.1) is 0 Å². The molecule has 99 heavy (non-hydrogen) atoms. The first-order chi connectivity index (χ1) is 47.2. The van der Waals surface area contributed by atoms with E-state index in [-0.39, 0.29) is 115 Å². The highest BCUT2D eigenvalue weighted by Crippen LogP contribution is 2.31. The number of benzene rings is 2. The quantitative estimate of drug-likeness (QED) is 0.0122. The second kappa shape index (κ2) is 43.8. The number of unbranched alkanes of at least 4 members (excludes halogenated alkanes) is 3. The van der Waals surface area contributed by atoms with Gasteiger partial charge in [0.1, 0.15) is 35.8 Å². The number of aromatic nitrogens is 3. The molecule has 2 heterocycles. The van der Waals surface area contributed by atoms with Crippen molar-refractivity contribution < 1.29 is 87.3 Å². The first-order valence-electron chi connectivity index (χ1n) is 33.4. The summed E-state index contributed by atoms with van der Waals surface area (Å²) in [6, 6.07) is 11.2. The molecule has 0 radical (unpaired) electrons. The molecule has 2 aromatic carbocycles. The van der Waals surface area contributed by atoms with Gasteiger partial charge in [0.05, 0.1) is 93.5 Å². The Morgan fingerprint density at radius 2 is 1.36 bits per heavy atom. The third-order valence-electron chi connectivity index (χ3n) is 15.6. The van der Waals surface area contributed by atoms with Gasteiger partial charge in [0.15, 0.2) is 5.82 Å². The summed E-state index contributed by atoms with van der Waals surface area (Å²) >= 11 is 0. The predicted molar refractivity (Wildman–Crippen MR) is 368 cm³/mol. The Morgan fingerprint density at radius 1 is 0.717 bits per heavy atom. The number of nitrogens with two attached hydrogens (primary N) is 3. The highest BCUT2D eigenvalue weighted by atomic mass is 16.6. The van der Waals surface area contributed by atoms with E-state index in [4.69, 9.17) is 46.3 Å². The van der Waals surface area contributed by atoms with Crippen LogP contribution in [-0.4, -0.2) is 195 Å². The van der Waals surface area contributed by atoms with E-state index >= 15 is 0 Å². The van der Waals surface area contributed by atoms with Crippen LogP contribution in [0.4, 0.5) is 21.1 Å².